The Labute approximate surface area is 105 Å². The van der Waals surface area contributed by atoms with E-state index >= 15 is 0 Å². The fourth-order valence-corrected chi connectivity index (χ4v) is 1.96. The first-order chi connectivity index (χ1) is 8.17. The van der Waals surface area contributed by atoms with Crippen molar-refractivity contribution in [3.63, 3.8) is 0 Å². The molecule has 3 unspecified atom stereocenters. The van der Waals surface area contributed by atoms with Crippen LogP contribution in [0.25, 0.3) is 0 Å². The van der Waals surface area contributed by atoms with Crippen molar-refractivity contribution in [1.82, 2.24) is 0 Å². The Bertz CT molecular complexity index is 273. The standard InChI is InChI=1S/C14H26N2O/c1-3-5-6-11(4-2)10-17-14-9-12(15)7-8-13(14)16/h7-9,11-13H,3-6,10,15-16H2,1-2H3. The van der Waals surface area contributed by atoms with Crippen LogP contribution in [-0.4, -0.2) is 18.7 Å². The summed E-state index contributed by atoms with van der Waals surface area (Å²) in [6, 6.07) is -0.181. The molecule has 0 spiro atoms. The maximum atomic E-state index is 5.93. The third-order valence-electron chi connectivity index (χ3n) is 3.25. The van der Waals surface area contributed by atoms with Crippen molar-refractivity contribution in [1.29, 1.82) is 0 Å². The first-order valence-corrected chi connectivity index (χ1v) is 6.71. The Morgan fingerprint density at radius 1 is 1.29 bits per heavy atom. The zero-order valence-electron chi connectivity index (χ0n) is 11.1. The maximum absolute atomic E-state index is 5.93. The van der Waals surface area contributed by atoms with Gasteiger partial charge in [-0.1, -0.05) is 45.3 Å². The van der Waals surface area contributed by atoms with Crippen LogP contribution in [0.5, 0.6) is 0 Å². The number of rotatable bonds is 7. The van der Waals surface area contributed by atoms with Crippen molar-refractivity contribution in [3.05, 3.63) is 24.0 Å². The molecule has 0 bridgehead atoms. The molecule has 0 aromatic heterocycles. The molecule has 3 atom stereocenters. The van der Waals surface area contributed by atoms with Crippen molar-refractivity contribution in [2.45, 2.75) is 51.6 Å². The molecule has 0 amide bonds. The zero-order valence-corrected chi connectivity index (χ0v) is 11.1. The zero-order chi connectivity index (χ0) is 12.7. The summed E-state index contributed by atoms with van der Waals surface area (Å²) < 4.78 is 5.82. The van der Waals surface area contributed by atoms with E-state index in [0.717, 1.165) is 18.8 Å². The van der Waals surface area contributed by atoms with Crippen LogP contribution in [0, 0.1) is 5.92 Å². The lowest BCUT2D eigenvalue weighted by Gasteiger charge is -2.22. The van der Waals surface area contributed by atoms with Crippen LogP contribution in [0.2, 0.25) is 0 Å². The fraction of sp³-hybridized carbons (Fsp3) is 0.714. The lowest BCUT2D eigenvalue weighted by atomic mass is 10.0. The van der Waals surface area contributed by atoms with Crippen molar-refractivity contribution in [2.75, 3.05) is 6.61 Å². The van der Waals surface area contributed by atoms with Crippen LogP contribution in [0.15, 0.2) is 24.0 Å². The molecule has 3 heteroatoms. The molecule has 0 radical (unpaired) electrons. The predicted molar refractivity (Wildman–Crippen MR) is 72.4 cm³/mol. The SMILES string of the molecule is CCCCC(CC)COC1=CC(N)C=CC1N. The van der Waals surface area contributed by atoms with Gasteiger partial charge in [0.25, 0.3) is 0 Å². The minimum atomic E-state index is -0.126. The minimum absolute atomic E-state index is 0.0551. The second-order valence-electron chi connectivity index (χ2n) is 4.78. The molecule has 0 heterocycles. The maximum Gasteiger partial charge on any atom is 0.114 e. The van der Waals surface area contributed by atoms with Gasteiger partial charge in [0, 0.05) is 6.04 Å². The normalized spacial score (nSPS) is 25.5. The van der Waals surface area contributed by atoms with E-state index in [-0.39, 0.29) is 12.1 Å². The largest absolute Gasteiger partial charge is 0.496 e. The van der Waals surface area contributed by atoms with Gasteiger partial charge in [0.15, 0.2) is 0 Å². The summed E-state index contributed by atoms with van der Waals surface area (Å²) >= 11 is 0. The van der Waals surface area contributed by atoms with Crippen LogP contribution in [0.1, 0.15) is 39.5 Å². The molecule has 98 valence electrons. The molecule has 0 aliphatic heterocycles. The average Bonchev–Trinajstić information content (AvgIpc) is 2.33. The summed E-state index contributed by atoms with van der Waals surface area (Å²) in [5.41, 5.74) is 11.7. The minimum Gasteiger partial charge on any atom is -0.496 e. The van der Waals surface area contributed by atoms with E-state index in [1.165, 1.54) is 19.3 Å². The summed E-state index contributed by atoms with van der Waals surface area (Å²) in [4.78, 5) is 0. The van der Waals surface area contributed by atoms with Gasteiger partial charge in [0.1, 0.15) is 5.76 Å². The highest BCUT2D eigenvalue weighted by atomic mass is 16.5. The molecule has 0 aromatic rings. The van der Waals surface area contributed by atoms with Gasteiger partial charge in [-0.3, -0.25) is 0 Å². The molecule has 0 aromatic carbocycles. The first kappa shape index (κ1) is 14.3. The number of hydrogen-bond donors (Lipinski definition) is 2. The van der Waals surface area contributed by atoms with Gasteiger partial charge in [-0.05, 0) is 18.4 Å². The third kappa shape index (κ3) is 4.92. The van der Waals surface area contributed by atoms with E-state index in [2.05, 4.69) is 13.8 Å². The Morgan fingerprint density at radius 3 is 2.71 bits per heavy atom. The van der Waals surface area contributed by atoms with E-state index in [1.807, 2.05) is 18.2 Å². The number of ether oxygens (including phenoxy) is 1. The first-order valence-electron chi connectivity index (χ1n) is 6.71. The lowest BCUT2D eigenvalue weighted by Crippen LogP contribution is -2.30. The molecule has 1 rings (SSSR count). The quantitative estimate of drug-likeness (QED) is 0.669. The van der Waals surface area contributed by atoms with E-state index in [1.54, 1.807) is 0 Å². The van der Waals surface area contributed by atoms with Crippen LogP contribution >= 0.6 is 0 Å². The van der Waals surface area contributed by atoms with Gasteiger partial charge >= 0.3 is 0 Å². The van der Waals surface area contributed by atoms with E-state index in [4.69, 9.17) is 16.2 Å². The molecule has 1 aliphatic rings. The van der Waals surface area contributed by atoms with Crippen LogP contribution < -0.4 is 11.5 Å². The summed E-state index contributed by atoms with van der Waals surface area (Å²) in [5, 5.41) is 0. The molecular weight excluding hydrogens is 212 g/mol. The van der Waals surface area contributed by atoms with E-state index < -0.39 is 0 Å². The number of unbranched alkanes of at least 4 members (excludes halogenated alkanes) is 1. The lowest BCUT2D eigenvalue weighted by molar-refractivity contribution is 0.146. The van der Waals surface area contributed by atoms with Gasteiger partial charge < -0.3 is 16.2 Å². The summed E-state index contributed by atoms with van der Waals surface area (Å²) in [7, 11) is 0. The molecule has 0 fully saturated rings. The van der Waals surface area contributed by atoms with Gasteiger partial charge in [0.2, 0.25) is 0 Å². The van der Waals surface area contributed by atoms with Crippen LogP contribution in [0.3, 0.4) is 0 Å². The predicted octanol–water partition coefficient (Wildman–Crippen LogP) is 2.33. The van der Waals surface area contributed by atoms with Crippen molar-refractivity contribution in [2.24, 2.45) is 17.4 Å². The monoisotopic (exact) mass is 238 g/mol. The summed E-state index contributed by atoms with van der Waals surface area (Å²) in [6.07, 6.45) is 10.6. The number of hydrogen-bond acceptors (Lipinski definition) is 3. The van der Waals surface area contributed by atoms with E-state index in [0.29, 0.717) is 5.92 Å². The van der Waals surface area contributed by atoms with Crippen molar-refractivity contribution in [3.8, 4) is 0 Å². The highest BCUT2D eigenvalue weighted by molar-refractivity contribution is 5.23. The van der Waals surface area contributed by atoms with Gasteiger partial charge in [-0.25, -0.2) is 0 Å². The molecule has 0 saturated heterocycles. The molecule has 0 saturated carbocycles. The smallest absolute Gasteiger partial charge is 0.114 e. The van der Waals surface area contributed by atoms with Crippen LogP contribution in [0.4, 0.5) is 0 Å². The molecule has 1 aliphatic carbocycles. The Morgan fingerprint density at radius 2 is 2.06 bits per heavy atom. The van der Waals surface area contributed by atoms with Gasteiger partial charge in [-0.2, -0.15) is 0 Å². The molecule has 17 heavy (non-hydrogen) atoms. The summed E-state index contributed by atoms with van der Waals surface area (Å²) in [5.74, 6) is 1.46. The number of nitrogens with two attached hydrogens (primary N) is 2. The average molecular weight is 238 g/mol. The fourth-order valence-electron chi connectivity index (χ4n) is 1.96. The Kier molecular flexibility index (Phi) is 6.30. The van der Waals surface area contributed by atoms with E-state index in [9.17, 15) is 0 Å². The molecule has 4 N–H and O–H groups in total. The highest BCUT2D eigenvalue weighted by Gasteiger charge is 2.15. The van der Waals surface area contributed by atoms with Crippen molar-refractivity contribution < 1.29 is 4.74 Å². The topological polar surface area (TPSA) is 61.3 Å². The second-order valence-corrected chi connectivity index (χ2v) is 4.78. The van der Waals surface area contributed by atoms with Gasteiger partial charge in [-0.15, -0.1) is 0 Å². The highest BCUT2D eigenvalue weighted by Crippen LogP contribution is 2.17. The van der Waals surface area contributed by atoms with Crippen molar-refractivity contribution >= 4 is 0 Å². The molecule has 3 nitrogen and oxygen atoms in total. The third-order valence-corrected chi connectivity index (χ3v) is 3.25. The summed E-state index contributed by atoms with van der Waals surface area (Å²) in [6.45, 7) is 5.19. The van der Waals surface area contributed by atoms with Crippen LogP contribution in [-0.2, 0) is 4.74 Å². The Hall–Kier alpha value is -0.800. The van der Waals surface area contributed by atoms with Gasteiger partial charge in [0.05, 0.1) is 12.6 Å². The second kappa shape index (κ2) is 7.51. The molecular formula is C14H26N2O. The Balaban J connectivity index is 2.37.